The van der Waals surface area contributed by atoms with Crippen LogP contribution in [0.4, 0.5) is 14.5 Å². The molecule has 3 rings (SSSR count). The number of amides is 1. The fourth-order valence-electron chi connectivity index (χ4n) is 2.91. The Morgan fingerprint density at radius 1 is 1.12 bits per heavy atom. The van der Waals surface area contributed by atoms with Crippen molar-refractivity contribution in [1.82, 2.24) is 4.31 Å². The molecule has 1 fully saturated rings. The minimum atomic E-state index is -3.66. The molecule has 1 N–H and O–H groups in total. The number of nitriles is 1. The number of sulfonamides is 1. The summed E-state index contributed by atoms with van der Waals surface area (Å²) in [5, 5.41) is 11.8. The fraction of sp³-hybridized carbons (Fsp3) is 0.238. The van der Waals surface area contributed by atoms with Crippen molar-refractivity contribution in [3.8, 4) is 11.8 Å². The monoisotopic (exact) mass is 463 g/mol. The first-order valence-electron chi connectivity index (χ1n) is 9.45. The van der Waals surface area contributed by atoms with E-state index in [-0.39, 0.29) is 29.3 Å². The number of ether oxygens (including phenoxy) is 2. The van der Waals surface area contributed by atoms with E-state index < -0.39 is 22.5 Å². The molecule has 32 heavy (non-hydrogen) atoms. The Labute approximate surface area is 183 Å². The minimum Gasteiger partial charge on any atom is -0.435 e. The van der Waals surface area contributed by atoms with Crippen molar-refractivity contribution in [3.05, 3.63) is 59.7 Å². The number of benzene rings is 2. The Bertz CT molecular complexity index is 1120. The maximum Gasteiger partial charge on any atom is 0.387 e. The third-order valence-corrected chi connectivity index (χ3v) is 6.41. The highest BCUT2D eigenvalue weighted by Gasteiger charge is 2.26. The van der Waals surface area contributed by atoms with Crippen molar-refractivity contribution in [2.75, 3.05) is 31.6 Å². The van der Waals surface area contributed by atoms with Gasteiger partial charge in [0.15, 0.2) is 0 Å². The second-order valence-electron chi connectivity index (χ2n) is 6.61. The first-order valence-corrected chi connectivity index (χ1v) is 10.9. The van der Waals surface area contributed by atoms with Crippen LogP contribution in [0.15, 0.2) is 59.0 Å². The molecule has 0 aromatic heterocycles. The van der Waals surface area contributed by atoms with Crippen LogP contribution in [0.25, 0.3) is 6.08 Å². The Morgan fingerprint density at radius 3 is 2.31 bits per heavy atom. The maximum atomic E-state index is 12.6. The molecule has 0 saturated carbocycles. The Morgan fingerprint density at radius 2 is 1.75 bits per heavy atom. The highest BCUT2D eigenvalue weighted by atomic mass is 32.2. The number of alkyl halides is 2. The number of carbonyl (C=O) groups is 1. The summed E-state index contributed by atoms with van der Waals surface area (Å²) in [4.78, 5) is 12.5. The molecule has 1 aliphatic rings. The molecule has 0 aliphatic carbocycles. The summed E-state index contributed by atoms with van der Waals surface area (Å²) >= 11 is 0. The van der Waals surface area contributed by atoms with Gasteiger partial charge in [0, 0.05) is 18.8 Å². The fourth-order valence-corrected chi connectivity index (χ4v) is 4.31. The van der Waals surface area contributed by atoms with Crippen LogP contribution in [0, 0.1) is 11.3 Å². The largest absolute Gasteiger partial charge is 0.435 e. The molecule has 2 aromatic carbocycles. The van der Waals surface area contributed by atoms with Gasteiger partial charge in [-0.15, -0.1) is 0 Å². The molecule has 0 atom stereocenters. The van der Waals surface area contributed by atoms with Gasteiger partial charge in [-0.25, -0.2) is 8.42 Å². The van der Waals surface area contributed by atoms with Crippen LogP contribution in [-0.4, -0.2) is 51.5 Å². The van der Waals surface area contributed by atoms with E-state index in [0.29, 0.717) is 24.5 Å². The molecule has 1 amide bonds. The van der Waals surface area contributed by atoms with Gasteiger partial charge in [0.05, 0.1) is 18.1 Å². The average Bonchev–Trinajstić information content (AvgIpc) is 2.79. The average molecular weight is 463 g/mol. The number of carbonyl (C=O) groups excluding carboxylic acids is 1. The number of hydrogen-bond acceptors (Lipinski definition) is 6. The van der Waals surface area contributed by atoms with E-state index >= 15 is 0 Å². The topological polar surface area (TPSA) is 109 Å². The second kappa shape index (κ2) is 10.3. The van der Waals surface area contributed by atoms with E-state index in [1.54, 1.807) is 6.07 Å². The van der Waals surface area contributed by atoms with Crippen molar-refractivity contribution >= 4 is 27.7 Å². The first kappa shape index (κ1) is 23.3. The maximum absolute atomic E-state index is 12.6. The van der Waals surface area contributed by atoms with Crippen molar-refractivity contribution in [3.63, 3.8) is 0 Å². The number of halogens is 2. The highest BCUT2D eigenvalue weighted by Crippen LogP contribution is 2.21. The Kier molecular flexibility index (Phi) is 7.53. The van der Waals surface area contributed by atoms with E-state index in [4.69, 9.17) is 4.74 Å². The second-order valence-corrected chi connectivity index (χ2v) is 8.55. The van der Waals surface area contributed by atoms with Gasteiger partial charge in [0.1, 0.15) is 17.4 Å². The molecule has 1 saturated heterocycles. The molecule has 0 spiro atoms. The quantitative estimate of drug-likeness (QED) is 0.500. The molecule has 0 unspecified atom stereocenters. The Hall–Kier alpha value is -3.33. The molecule has 1 aliphatic heterocycles. The van der Waals surface area contributed by atoms with Gasteiger partial charge >= 0.3 is 6.61 Å². The van der Waals surface area contributed by atoms with Crippen LogP contribution in [0.1, 0.15) is 5.56 Å². The lowest BCUT2D eigenvalue weighted by Crippen LogP contribution is -2.40. The lowest BCUT2D eigenvalue weighted by Gasteiger charge is -2.26. The molecule has 11 heteroatoms. The number of hydrogen-bond donors (Lipinski definition) is 1. The summed E-state index contributed by atoms with van der Waals surface area (Å²) in [5.74, 6) is -0.753. The molecule has 0 bridgehead atoms. The zero-order chi connectivity index (χ0) is 23.1. The minimum absolute atomic E-state index is 0.0489. The SMILES string of the molecule is N#CC(=Cc1ccc(OC(F)F)cc1)C(=O)Nc1ccc(S(=O)(=O)N2CCOCC2)cc1. The highest BCUT2D eigenvalue weighted by molar-refractivity contribution is 7.89. The van der Waals surface area contributed by atoms with Crippen LogP contribution in [0.2, 0.25) is 0 Å². The van der Waals surface area contributed by atoms with E-state index in [1.165, 1.54) is 58.9 Å². The predicted octanol–water partition coefficient (Wildman–Crippen LogP) is 2.85. The molecule has 168 valence electrons. The van der Waals surface area contributed by atoms with E-state index in [2.05, 4.69) is 10.1 Å². The lowest BCUT2D eigenvalue weighted by atomic mass is 10.1. The van der Waals surface area contributed by atoms with Gasteiger partial charge in [-0.3, -0.25) is 4.79 Å². The van der Waals surface area contributed by atoms with Gasteiger partial charge in [0.25, 0.3) is 5.91 Å². The van der Waals surface area contributed by atoms with Gasteiger partial charge in [-0.1, -0.05) is 12.1 Å². The van der Waals surface area contributed by atoms with E-state index in [1.807, 2.05) is 0 Å². The molecular weight excluding hydrogens is 444 g/mol. The van der Waals surface area contributed by atoms with Gasteiger partial charge < -0.3 is 14.8 Å². The summed E-state index contributed by atoms with van der Waals surface area (Å²) in [5.41, 5.74) is 0.514. The number of rotatable bonds is 7. The van der Waals surface area contributed by atoms with Crippen LogP contribution >= 0.6 is 0 Å². The van der Waals surface area contributed by atoms with Crippen LogP contribution in [0.3, 0.4) is 0 Å². The standard InChI is InChI=1S/C21H19F2N3O5S/c22-21(23)31-18-5-1-15(2-6-18)13-16(14-24)20(27)25-17-3-7-19(8-4-17)32(28,29)26-9-11-30-12-10-26/h1-8,13,21H,9-12H2,(H,25,27). The van der Waals surface area contributed by atoms with E-state index in [9.17, 15) is 27.3 Å². The predicted molar refractivity (Wildman–Crippen MR) is 111 cm³/mol. The zero-order valence-electron chi connectivity index (χ0n) is 16.7. The number of anilines is 1. The van der Waals surface area contributed by atoms with Gasteiger partial charge in [-0.05, 0) is 48.0 Å². The first-order chi connectivity index (χ1) is 15.3. The third kappa shape index (κ3) is 5.88. The Balaban J connectivity index is 1.68. The van der Waals surface area contributed by atoms with Gasteiger partial charge in [0.2, 0.25) is 10.0 Å². The number of nitrogens with one attached hydrogen (secondary N) is 1. The molecule has 8 nitrogen and oxygen atoms in total. The normalized spacial score (nSPS) is 15.2. The lowest BCUT2D eigenvalue weighted by molar-refractivity contribution is -0.112. The van der Waals surface area contributed by atoms with Crippen LogP contribution in [-0.2, 0) is 19.6 Å². The van der Waals surface area contributed by atoms with Crippen molar-refractivity contribution in [1.29, 1.82) is 5.26 Å². The molecule has 0 radical (unpaired) electrons. The number of morpholine rings is 1. The van der Waals surface area contributed by atoms with Crippen LogP contribution < -0.4 is 10.1 Å². The van der Waals surface area contributed by atoms with Crippen molar-refractivity contribution in [2.24, 2.45) is 0 Å². The summed E-state index contributed by atoms with van der Waals surface area (Å²) in [6.45, 7) is -1.75. The van der Waals surface area contributed by atoms with Crippen molar-refractivity contribution < 1.29 is 31.5 Å². The summed E-state index contributed by atoms with van der Waals surface area (Å²) < 4.78 is 60.5. The summed E-state index contributed by atoms with van der Waals surface area (Å²) in [6.07, 6.45) is 1.29. The zero-order valence-corrected chi connectivity index (χ0v) is 17.5. The van der Waals surface area contributed by atoms with Gasteiger partial charge in [-0.2, -0.15) is 18.3 Å². The smallest absolute Gasteiger partial charge is 0.387 e. The van der Waals surface area contributed by atoms with Crippen molar-refractivity contribution in [2.45, 2.75) is 11.5 Å². The van der Waals surface area contributed by atoms with Crippen LogP contribution in [0.5, 0.6) is 5.75 Å². The molecular formula is C21H19F2N3O5S. The summed E-state index contributed by atoms with van der Waals surface area (Å²) in [6, 6.07) is 12.8. The molecule has 2 aromatic rings. The number of nitrogens with zero attached hydrogens (tertiary/aromatic N) is 2. The summed E-state index contributed by atoms with van der Waals surface area (Å²) in [7, 11) is -3.66. The molecule has 1 heterocycles. The van der Waals surface area contributed by atoms with E-state index in [0.717, 1.165) is 0 Å². The third-order valence-electron chi connectivity index (χ3n) is 4.50.